The summed E-state index contributed by atoms with van der Waals surface area (Å²) in [6.45, 7) is 2.28. The summed E-state index contributed by atoms with van der Waals surface area (Å²) in [7, 11) is 0. The molecule has 3 unspecified atom stereocenters. The fourth-order valence-corrected chi connectivity index (χ4v) is 4.33. The minimum atomic E-state index is 0.250. The van der Waals surface area contributed by atoms with Crippen molar-refractivity contribution >= 4 is 0 Å². The van der Waals surface area contributed by atoms with Gasteiger partial charge >= 0.3 is 0 Å². The number of unbranched alkanes of at least 4 members (excludes halogenated alkanes) is 1. The standard InChI is InChI=1S/C22H22/c1-2-3-14-22(15-13-17-9-5-4-6-10-17)20-16-18-11-7-8-12-19(18)21(20)22/h4-12,20-21H,2-3,14,16H2,1H3. The third-order valence-electron chi connectivity index (χ3n) is 5.50. The molecule has 1 saturated carbocycles. The summed E-state index contributed by atoms with van der Waals surface area (Å²) in [5.74, 6) is 8.62. The van der Waals surface area contributed by atoms with Crippen molar-refractivity contribution in [2.45, 2.75) is 38.5 Å². The Bertz CT molecular complexity index is 731. The molecule has 4 rings (SSSR count). The van der Waals surface area contributed by atoms with Gasteiger partial charge in [0.25, 0.3) is 0 Å². The van der Waals surface area contributed by atoms with Crippen molar-refractivity contribution in [2.24, 2.45) is 11.3 Å². The molecular formula is C22H22. The van der Waals surface area contributed by atoms with Gasteiger partial charge in [-0.1, -0.05) is 74.1 Å². The maximum Gasteiger partial charge on any atom is 0.0427 e. The Labute approximate surface area is 133 Å². The highest BCUT2D eigenvalue weighted by atomic mass is 14.7. The molecule has 0 radical (unpaired) electrons. The average Bonchev–Trinajstić information content (AvgIpc) is 2.99. The zero-order chi connectivity index (χ0) is 15.0. The van der Waals surface area contributed by atoms with Crippen LogP contribution in [-0.4, -0.2) is 0 Å². The molecule has 0 nitrogen and oxygen atoms in total. The van der Waals surface area contributed by atoms with E-state index in [2.05, 4.69) is 73.4 Å². The molecule has 0 N–H and O–H groups in total. The smallest absolute Gasteiger partial charge is 0.0427 e. The lowest BCUT2D eigenvalue weighted by molar-refractivity contribution is 0.495. The SMILES string of the molecule is CCCCC1(C#Cc2ccccc2)C2Cc3ccccc3C21. The van der Waals surface area contributed by atoms with Crippen LogP contribution in [-0.2, 0) is 6.42 Å². The number of hydrogen-bond donors (Lipinski definition) is 0. The van der Waals surface area contributed by atoms with E-state index in [1.165, 1.54) is 25.7 Å². The molecule has 0 amide bonds. The van der Waals surface area contributed by atoms with Crippen molar-refractivity contribution in [1.82, 2.24) is 0 Å². The molecule has 22 heavy (non-hydrogen) atoms. The van der Waals surface area contributed by atoms with Crippen molar-refractivity contribution in [2.75, 3.05) is 0 Å². The van der Waals surface area contributed by atoms with Crippen LogP contribution >= 0.6 is 0 Å². The van der Waals surface area contributed by atoms with Gasteiger partial charge in [0.1, 0.15) is 0 Å². The van der Waals surface area contributed by atoms with Gasteiger partial charge in [0.15, 0.2) is 0 Å². The molecule has 2 aromatic carbocycles. The number of fused-ring (bicyclic) bond motifs is 3. The Morgan fingerprint density at radius 3 is 2.64 bits per heavy atom. The molecule has 110 valence electrons. The predicted octanol–water partition coefficient (Wildman–Crippen LogP) is 5.18. The minimum absolute atomic E-state index is 0.250. The topological polar surface area (TPSA) is 0 Å². The number of rotatable bonds is 3. The molecule has 0 bridgehead atoms. The lowest BCUT2D eigenvalue weighted by Gasteiger charge is -2.16. The highest BCUT2D eigenvalue weighted by Crippen LogP contribution is 2.72. The van der Waals surface area contributed by atoms with Gasteiger partial charge in [0.05, 0.1) is 0 Å². The first-order chi connectivity index (χ1) is 10.8. The van der Waals surface area contributed by atoms with Crippen LogP contribution in [0.4, 0.5) is 0 Å². The molecule has 2 aromatic rings. The molecule has 0 heterocycles. The Balaban J connectivity index is 1.66. The van der Waals surface area contributed by atoms with E-state index in [9.17, 15) is 0 Å². The van der Waals surface area contributed by atoms with Gasteiger partial charge < -0.3 is 0 Å². The largest absolute Gasteiger partial charge is 0.0901 e. The van der Waals surface area contributed by atoms with Crippen LogP contribution in [0.2, 0.25) is 0 Å². The summed E-state index contributed by atoms with van der Waals surface area (Å²) in [5.41, 5.74) is 4.54. The van der Waals surface area contributed by atoms with Crippen LogP contribution in [0.5, 0.6) is 0 Å². The third-order valence-corrected chi connectivity index (χ3v) is 5.50. The van der Waals surface area contributed by atoms with Crippen LogP contribution in [0.15, 0.2) is 54.6 Å². The summed E-state index contributed by atoms with van der Waals surface area (Å²) in [5, 5.41) is 0. The van der Waals surface area contributed by atoms with Crippen molar-refractivity contribution < 1.29 is 0 Å². The predicted molar refractivity (Wildman–Crippen MR) is 91.7 cm³/mol. The molecular weight excluding hydrogens is 264 g/mol. The monoisotopic (exact) mass is 286 g/mol. The van der Waals surface area contributed by atoms with Gasteiger partial charge in [-0.2, -0.15) is 0 Å². The number of hydrogen-bond acceptors (Lipinski definition) is 0. The van der Waals surface area contributed by atoms with Crippen molar-refractivity contribution in [3.05, 3.63) is 71.3 Å². The van der Waals surface area contributed by atoms with E-state index in [1.807, 2.05) is 0 Å². The van der Waals surface area contributed by atoms with E-state index in [4.69, 9.17) is 0 Å². The quantitative estimate of drug-likeness (QED) is 0.682. The van der Waals surface area contributed by atoms with Crippen LogP contribution in [0.25, 0.3) is 0 Å². The summed E-state index contributed by atoms with van der Waals surface area (Å²) in [6.07, 6.45) is 5.04. The fraction of sp³-hybridized carbons (Fsp3) is 0.364. The maximum absolute atomic E-state index is 3.71. The zero-order valence-corrected chi connectivity index (χ0v) is 13.2. The van der Waals surface area contributed by atoms with Crippen LogP contribution in [0.3, 0.4) is 0 Å². The second kappa shape index (κ2) is 5.33. The molecule has 1 fully saturated rings. The normalized spacial score (nSPS) is 27.5. The first-order valence-corrected chi connectivity index (χ1v) is 8.51. The molecule has 3 atom stereocenters. The Kier molecular flexibility index (Phi) is 3.30. The van der Waals surface area contributed by atoms with E-state index in [0.717, 1.165) is 11.5 Å². The molecule has 0 aromatic heterocycles. The lowest BCUT2D eigenvalue weighted by Crippen LogP contribution is -2.08. The second-order valence-corrected chi connectivity index (χ2v) is 6.75. The van der Waals surface area contributed by atoms with Crippen molar-refractivity contribution in [3.63, 3.8) is 0 Å². The molecule has 2 aliphatic carbocycles. The summed E-state index contributed by atoms with van der Waals surface area (Å²) < 4.78 is 0. The second-order valence-electron chi connectivity index (χ2n) is 6.75. The van der Waals surface area contributed by atoms with Gasteiger partial charge in [-0.3, -0.25) is 0 Å². The summed E-state index contributed by atoms with van der Waals surface area (Å²) in [6, 6.07) is 19.4. The lowest BCUT2D eigenvalue weighted by atomic mass is 9.87. The van der Waals surface area contributed by atoms with Gasteiger partial charge in [0, 0.05) is 16.9 Å². The van der Waals surface area contributed by atoms with Gasteiger partial charge in [0.2, 0.25) is 0 Å². The molecule has 2 aliphatic rings. The van der Waals surface area contributed by atoms with Crippen LogP contribution in [0.1, 0.15) is 48.8 Å². The van der Waals surface area contributed by atoms with Crippen LogP contribution < -0.4 is 0 Å². The molecule has 0 spiro atoms. The van der Waals surface area contributed by atoms with E-state index < -0.39 is 0 Å². The van der Waals surface area contributed by atoms with Gasteiger partial charge in [-0.25, -0.2) is 0 Å². The van der Waals surface area contributed by atoms with Crippen LogP contribution in [0, 0.1) is 23.2 Å². The van der Waals surface area contributed by atoms with E-state index in [-0.39, 0.29) is 5.41 Å². The minimum Gasteiger partial charge on any atom is -0.0901 e. The van der Waals surface area contributed by atoms with E-state index in [1.54, 1.807) is 11.1 Å². The van der Waals surface area contributed by atoms with Crippen molar-refractivity contribution in [1.29, 1.82) is 0 Å². The Hall–Kier alpha value is -2.00. The van der Waals surface area contributed by atoms with Gasteiger partial charge in [-0.05, 0) is 42.0 Å². The Morgan fingerprint density at radius 2 is 1.82 bits per heavy atom. The molecule has 0 heteroatoms. The Morgan fingerprint density at radius 1 is 1.05 bits per heavy atom. The summed E-state index contributed by atoms with van der Waals surface area (Å²) in [4.78, 5) is 0. The average molecular weight is 286 g/mol. The van der Waals surface area contributed by atoms with E-state index in [0.29, 0.717) is 5.92 Å². The molecule has 0 saturated heterocycles. The first kappa shape index (κ1) is 13.6. The third kappa shape index (κ3) is 2.08. The highest BCUT2D eigenvalue weighted by Gasteiger charge is 2.66. The maximum atomic E-state index is 3.71. The van der Waals surface area contributed by atoms with E-state index >= 15 is 0 Å². The zero-order valence-electron chi connectivity index (χ0n) is 13.2. The molecule has 0 aliphatic heterocycles. The first-order valence-electron chi connectivity index (χ1n) is 8.51. The number of benzene rings is 2. The van der Waals surface area contributed by atoms with Crippen molar-refractivity contribution in [3.8, 4) is 11.8 Å². The fourth-order valence-electron chi connectivity index (χ4n) is 4.33. The van der Waals surface area contributed by atoms with Gasteiger partial charge in [-0.15, -0.1) is 0 Å². The highest BCUT2D eigenvalue weighted by molar-refractivity contribution is 5.52. The summed E-state index contributed by atoms with van der Waals surface area (Å²) >= 11 is 0.